The molecule has 2 aliphatic rings. The zero-order valence-electron chi connectivity index (χ0n) is 15.6. The summed E-state index contributed by atoms with van der Waals surface area (Å²) in [7, 11) is 0. The molecule has 0 amide bonds. The molecule has 0 aromatic heterocycles. The Morgan fingerprint density at radius 2 is 1.92 bits per heavy atom. The van der Waals surface area contributed by atoms with Crippen molar-refractivity contribution in [1.82, 2.24) is 0 Å². The molecule has 132 valence electrons. The second kappa shape index (κ2) is 5.98. The highest BCUT2D eigenvalue weighted by Crippen LogP contribution is 2.70. The average molecular weight is 328 g/mol. The van der Waals surface area contributed by atoms with Gasteiger partial charge in [0.05, 0.1) is 0 Å². The molecule has 24 heavy (non-hydrogen) atoms. The Kier molecular flexibility index (Phi) is 4.40. The van der Waals surface area contributed by atoms with Gasteiger partial charge >= 0.3 is 0 Å². The van der Waals surface area contributed by atoms with Gasteiger partial charge in [0.25, 0.3) is 0 Å². The Hall–Kier alpha value is -1.15. The highest BCUT2D eigenvalue weighted by atomic mass is 16.3. The molecule has 2 fully saturated rings. The minimum Gasteiger partial charge on any atom is -0.381 e. The van der Waals surface area contributed by atoms with Crippen LogP contribution in [0.4, 0.5) is 0 Å². The van der Waals surface area contributed by atoms with E-state index in [-0.39, 0.29) is 22.5 Å². The van der Waals surface area contributed by atoms with Gasteiger partial charge in [-0.15, -0.1) is 0 Å². The molecule has 2 nitrogen and oxygen atoms in total. The van der Waals surface area contributed by atoms with Crippen LogP contribution in [0.2, 0.25) is 0 Å². The molecule has 1 aromatic rings. The summed E-state index contributed by atoms with van der Waals surface area (Å²) in [5.74, 6) is 0.496. The molecule has 1 N–H and O–H groups in total. The lowest BCUT2D eigenvalue weighted by atomic mass is 9.61. The fourth-order valence-corrected chi connectivity index (χ4v) is 5.56. The average Bonchev–Trinajstić information content (AvgIpc) is 2.87. The number of fused-ring (bicyclic) bond motifs is 2. The van der Waals surface area contributed by atoms with Gasteiger partial charge in [0, 0.05) is 11.3 Å². The maximum Gasteiger partial charge on any atom is 0.168 e. The van der Waals surface area contributed by atoms with E-state index in [1.807, 2.05) is 18.2 Å². The number of Topliss-reactive ketones (excluding diaryl/α,β-unsaturated/α-hetero) is 1. The van der Waals surface area contributed by atoms with Gasteiger partial charge in [0.1, 0.15) is 5.60 Å². The summed E-state index contributed by atoms with van der Waals surface area (Å²) >= 11 is 0. The fourth-order valence-electron chi connectivity index (χ4n) is 5.56. The Balaban J connectivity index is 1.88. The largest absolute Gasteiger partial charge is 0.381 e. The molecule has 0 radical (unpaired) electrons. The lowest BCUT2D eigenvalue weighted by Crippen LogP contribution is -2.55. The van der Waals surface area contributed by atoms with E-state index in [1.165, 1.54) is 5.56 Å². The van der Waals surface area contributed by atoms with Crippen LogP contribution in [0.1, 0.15) is 65.4 Å². The van der Waals surface area contributed by atoms with Gasteiger partial charge in [0.2, 0.25) is 0 Å². The van der Waals surface area contributed by atoms with E-state index < -0.39 is 5.60 Å². The van der Waals surface area contributed by atoms with Crippen molar-refractivity contribution in [3.63, 3.8) is 0 Å². The standard InChI is InChI=1S/C22H32O2/c1-5-9-17(14-16-10-7-6-8-11-16)19(23)22(24)15-18-12-13-21(22,4)20(18,2)3/h6-8,10-11,17-18,24H,5,9,12-15H2,1-4H3/t17-,18-,21-,22+/m1/s1. The predicted octanol–water partition coefficient (Wildman–Crippen LogP) is 4.79. The van der Waals surface area contributed by atoms with Crippen LogP contribution in [-0.2, 0) is 11.2 Å². The number of aliphatic hydroxyl groups is 1. The molecule has 1 aromatic carbocycles. The van der Waals surface area contributed by atoms with Crippen molar-refractivity contribution in [2.45, 2.75) is 71.8 Å². The van der Waals surface area contributed by atoms with E-state index in [0.29, 0.717) is 12.3 Å². The van der Waals surface area contributed by atoms with Crippen molar-refractivity contribution in [3.8, 4) is 0 Å². The van der Waals surface area contributed by atoms with E-state index in [0.717, 1.165) is 32.1 Å². The van der Waals surface area contributed by atoms with E-state index in [4.69, 9.17) is 0 Å². The number of benzene rings is 1. The van der Waals surface area contributed by atoms with Gasteiger partial charge in [-0.05, 0) is 49.0 Å². The summed E-state index contributed by atoms with van der Waals surface area (Å²) in [5, 5.41) is 11.6. The van der Waals surface area contributed by atoms with Crippen LogP contribution in [-0.4, -0.2) is 16.5 Å². The summed E-state index contributed by atoms with van der Waals surface area (Å²) in [4.78, 5) is 13.5. The van der Waals surface area contributed by atoms with Crippen LogP contribution in [0.5, 0.6) is 0 Å². The summed E-state index contributed by atoms with van der Waals surface area (Å²) in [6.45, 7) is 8.79. The zero-order valence-corrected chi connectivity index (χ0v) is 15.6. The number of carbonyl (C=O) groups excluding carboxylic acids is 1. The molecule has 0 saturated heterocycles. The molecule has 2 heteroatoms. The van der Waals surface area contributed by atoms with E-state index in [2.05, 4.69) is 39.8 Å². The fraction of sp³-hybridized carbons (Fsp3) is 0.682. The predicted molar refractivity (Wildman–Crippen MR) is 97.7 cm³/mol. The second-order valence-corrected chi connectivity index (χ2v) is 8.89. The number of hydrogen-bond acceptors (Lipinski definition) is 2. The lowest BCUT2D eigenvalue weighted by Gasteiger charge is -2.45. The van der Waals surface area contributed by atoms with Crippen LogP contribution < -0.4 is 0 Å². The zero-order chi connectivity index (χ0) is 17.6. The van der Waals surface area contributed by atoms with Crippen molar-refractivity contribution >= 4 is 5.78 Å². The van der Waals surface area contributed by atoms with Gasteiger partial charge in [-0.25, -0.2) is 0 Å². The molecule has 0 spiro atoms. The summed E-state index contributed by atoms with van der Waals surface area (Å²) in [6.07, 6.45) is 5.36. The summed E-state index contributed by atoms with van der Waals surface area (Å²) in [5.41, 5.74) is -0.195. The van der Waals surface area contributed by atoms with Crippen LogP contribution in [0.15, 0.2) is 30.3 Å². The molecule has 0 heterocycles. The summed E-state index contributed by atoms with van der Waals surface area (Å²) < 4.78 is 0. The SMILES string of the molecule is CCC[C@H](Cc1ccccc1)C(=O)[C@@]1(O)C[C@H]2CC[C@]1(C)C2(C)C. The Labute approximate surface area is 146 Å². The Morgan fingerprint density at radius 1 is 1.25 bits per heavy atom. The van der Waals surface area contributed by atoms with Crippen LogP contribution in [0.3, 0.4) is 0 Å². The topological polar surface area (TPSA) is 37.3 Å². The highest BCUT2D eigenvalue weighted by Gasteiger charge is 2.71. The van der Waals surface area contributed by atoms with Crippen LogP contribution >= 0.6 is 0 Å². The van der Waals surface area contributed by atoms with Crippen molar-refractivity contribution in [2.24, 2.45) is 22.7 Å². The molecule has 2 bridgehead atoms. The van der Waals surface area contributed by atoms with Gasteiger partial charge in [0.15, 0.2) is 5.78 Å². The van der Waals surface area contributed by atoms with Crippen molar-refractivity contribution < 1.29 is 9.90 Å². The third-order valence-corrected chi connectivity index (χ3v) is 7.63. The van der Waals surface area contributed by atoms with Gasteiger partial charge in [-0.1, -0.05) is 64.4 Å². The third kappa shape index (κ3) is 2.37. The first-order valence-corrected chi connectivity index (χ1v) is 9.57. The maximum atomic E-state index is 13.5. The van der Waals surface area contributed by atoms with E-state index in [1.54, 1.807) is 0 Å². The first-order chi connectivity index (χ1) is 11.3. The van der Waals surface area contributed by atoms with Crippen molar-refractivity contribution in [1.29, 1.82) is 0 Å². The second-order valence-electron chi connectivity index (χ2n) is 8.89. The number of carbonyl (C=O) groups is 1. The number of rotatable bonds is 6. The minimum absolute atomic E-state index is 0.0426. The third-order valence-electron chi connectivity index (χ3n) is 7.63. The monoisotopic (exact) mass is 328 g/mol. The van der Waals surface area contributed by atoms with Crippen molar-refractivity contribution in [2.75, 3.05) is 0 Å². The summed E-state index contributed by atoms with van der Waals surface area (Å²) in [6, 6.07) is 10.2. The van der Waals surface area contributed by atoms with Crippen molar-refractivity contribution in [3.05, 3.63) is 35.9 Å². The van der Waals surface area contributed by atoms with E-state index >= 15 is 0 Å². The number of hydrogen-bond donors (Lipinski definition) is 1. The smallest absolute Gasteiger partial charge is 0.168 e. The van der Waals surface area contributed by atoms with E-state index in [9.17, 15) is 9.90 Å². The first kappa shape index (κ1) is 17.7. The normalized spacial score (nSPS) is 35.1. The molecule has 0 aliphatic heterocycles. The quantitative estimate of drug-likeness (QED) is 0.815. The van der Waals surface area contributed by atoms with Crippen LogP contribution in [0.25, 0.3) is 0 Å². The Morgan fingerprint density at radius 3 is 2.42 bits per heavy atom. The van der Waals surface area contributed by atoms with Gasteiger partial charge in [-0.3, -0.25) is 4.79 Å². The molecule has 2 saturated carbocycles. The molecule has 3 rings (SSSR count). The lowest BCUT2D eigenvalue weighted by molar-refractivity contribution is -0.160. The molecular formula is C22H32O2. The number of ketones is 1. The highest BCUT2D eigenvalue weighted by molar-refractivity contribution is 5.91. The molecule has 0 unspecified atom stereocenters. The van der Waals surface area contributed by atoms with Gasteiger partial charge < -0.3 is 5.11 Å². The Bertz CT molecular complexity index is 606. The first-order valence-electron chi connectivity index (χ1n) is 9.57. The molecule has 2 aliphatic carbocycles. The molecule has 4 atom stereocenters. The minimum atomic E-state index is -1.14. The van der Waals surface area contributed by atoms with Gasteiger partial charge in [-0.2, -0.15) is 0 Å². The molecular weight excluding hydrogens is 296 g/mol. The maximum absolute atomic E-state index is 13.5. The van der Waals surface area contributed by atoms with Crippen LogP contribution in [0, 0.1) is 22.7 Å².